The number of rotatable bonds is 1. The van der Waals surface area contributed by atoms with Crippen LogP contribution in [0, 0.1) is 18.8 Å². The predicted molar refractivity (Wildman–Crippen MR) is 60.8 cm³/mol. The fraction of sp³-hybridized carbons (Fsp3) is 0.615. The number of aryl methyl sites for hydroxylation is 1. The summed E-state index contributed by atoms with van der Waals surface area (Å²) in [7, 11) is 0. The second-order valence-electron chi connectivity index (χ2n) is 4.99. The van der Waals surface area contributed by atoms with Crippen LogP contribution in [-0.2, 0) is 0 Å². The molecule has 2 heterocycles. The van der Waals surface area contributed by atoms with Gasteiger partial charge in [-0.05, 0) is 62.2 Å². The van der Waals surface area contributed by atoms with Crippen LogP contribution in [0.4, 0.5) is 0 Å². The van der Waals surface area contributed by atoms with Crippen molar-refractivity contribution in [3.8, 4) is 0 Å². The lowest BCUT2D eigenvalue weighted by atomic mass is 9.60. The molecule has 3 atom stereocenters. The molecule has 0 unspecified atom stereocenters. The van der Waals surface area contributed by atoms with Crippen molar-refractivity contribution in [2.24, 2.45) is 11.8 Å². The zero-order valence-corrected chi connectivity index (χ0v) is 9.24. The third kappa shape index (κ3) is 1.57. The van der Waals surface area contributed by atoms with Crippen molar-refractivity contribution >= 4 is 0 Å². The van der Waals surface area contributed by atoms with Gasteiger partial charge in [-0.15, -0.1) is 0 Å². The molecule has 1 aromatic heterocycles. The zero-order chi connectivity index (χ0) is 10.3. The Morgan fingerprint density at radius 2 is 2.33 bits per heavy atom. The van der Waals surface area contributed by atoms with Crippen LogP contribution in [0.5, 0.6) is 0 Å². The van der Waals surface area contributed by atoms with Crippen LogP contribution in [0.15, 0.2) is 18.3 Å². The number of hydrogen-bond acceptors (Lipinski definition) is 2. The third-order valence-electron chi connectivity index (χ3n) is 4.11. The summed E-state index contributed by atoms with van der Waals surface area (Å²) in [5.41, 5.74) is 2.57. The van der Waals surface area contributed by atoms with E-state index in [0.717, 1.165) is 23.4 Å². The first kappa shape index (κ1) is 9.34. The van der Waals surface area contributed by atoms with Gasteiger partial charge in [-0.1, -0.05) is 6.07 Å². The second-order valence-corrected chi connectivity index (χ2v) is 4.99. The first-order valence-corrected chi connectivity index (χ1v) is 5.98. The Labute approximate surface area is 91.1 Å². The molecule has 2 heteroatoms. The molecule has 0 spiro atoms. The molecule has 15 heavy (non-hydrogen) atoms. The number of fused-ring (bicyclic) bond motifs is 1. The molecule has 0 aromatic carbocycles. The number of aromatic nitrogens is 1. The van der Waals surface area contributed by atoms with E-state index in [-0.39, 0.29) is 0 Å². The quantitative estimate of drug-likeness (QED) is 0.754. The average molecular weight is 202 g/mol. The topological polar surface area (TPSA) is 24.9 Å². The fourth-order valence-corrected chi connectivity index (χ4v) is 3.09. The Kier molecular flexibility index (Phi) is 2.24. The molecule has 2 aliphatic rings. The van der Waals surface area contributed by atoms with Crippen molar-refractivity contribution in [3.05, 3.63) is 29.6 Å². The Hall–Kier alpha value is -0.890. The SMILES string of the molecule is Cc1ccc([C@H]2C[C@@H]3CCNC[C@@H]32)cn1. The van der Waals surface area contributed by atoms with Crippen LogP contribution in [0.3, 0.4) is 0 Å². The normalized spacial score (nSPS) is 34.3. The van der Waals surface area contributed by atoms with Gasteiger partial charge in [-0.2, -0.15) is 0 Å². The molecule has 1 saturated heterocycles. The summed E-state index contributed by atoms with van der Waals surface area (Å²) in [5.74, 6) is 2.64. The molecule has 80 valence electrons. The summed E-state index contributed by atoms with van der Waals surface area (Å²) in [6, 6.07) is 4.40. The van der Waals surface area contributed by atoms with Crippen LogP contribution >= 0.6 is 0 Å². The summed E-state index contributed by atoms with van der Waals surface area (Å²) >= 11 is 0. The van der Waals surface area contributed by atoms with Crippen molar-refractivity contribution in [3.63, 3.8) is 0 Å². The number of nitrogens with one attached hydrogen (secondary N) is 1. The van der Waals surface area contributed by atoms with Gasteiger partial charge in [0, 0.05) is 11.9 Å². The molecule has 1 aromatic rings. The summed E-state index contributed by atoms with van der Waals surface area (Å²) in [5, 5.41) is 3.51. The molecular formula is C13H18N2. The minimum atomic E-state index is 0.774. The molecule has 1 aliphatic heterocycles. The van der Waals surface area contributed by atoms with E-state index in [4.69, 9.17) is 0 Å². The maximum atomic E-state index is 4.40. The maximum absolute atomic E-state index is 4.40. The van der Waals surface area contributed by atoms with Crippen LogP contribution in [0.1, 0.15) is 30.0 Å². The summed E-state index contributed by atoms with van der Waals surface area (Å²) in [6.45, 7) is 4.48. The van der Waals surface area contributed by atoms with Crippen LogP contribution < -0.4 is 5.32 Å². The molecule has 3 rings (SSSR count). The van der Waals surface area contributed by atoms with Gasteiger partial charge in [-0.25, -0.2) is 0 Å². The molecule has 0 bridgehead atoms. The van der Waals surface area contributed by atoms with E-state index in [1.807, 2.05) is 0 Å². The standard InChI is InChI=1S/C13H18N2/c1-9-2-3-11(7-15-9)12-6-10-4-5-14-8-13(10)12/h2-3,7,10,12-14H,4-6,8H2,1H3/t10-,12+,13-/m0/s1. The lowest BCUT2D eigenvalue weighted by Gasteiger charge is -2.48. The molecular weight excluding hydrogens is 184 g/mol. The molecule has 2 nitrogen and oxygen atoms in total. The van der Waals surface area contributed by atoms with Crippen molar-refractivity contribution in [2.75, 3.05) is 13.1 Å². The molecule has 1 saturated carbocycles. The summed E-state index contributed by atoms with van der Waals surface area (Å²) < 4.78 is 0. The van der Waals surface area contributed by atoms with E-state index < -0.39 is 0 Å². The molecule has 1 N–H and O–H groups in total. The predicted octanol–water partition coefficient (Wildman–Crippen LogP) is 2.10. The average Bonchev–Trinajstić information content (AvgIpc) is 2.23. The van der Waals surface area contributed by atoms with Crippen LogP contribution in [-0.4, -0.2) is 18.1 Å². The minimum absolute atomic E-state index is 0.774. The van der Waals surface area contributed by atoms with E-state index in [2.05, 4.69) is 35.6 Å². The van der Waals surface area contributed by atoms with Crippen LogP contribution in [0.2, 0.25) is 0 Å². The third-order valence-corrected chi connectivity index (χ3v) is 4.11. The Morgan fingerprint density at radius 1 is 1.40 bits per heavy atom. The Bertz CT molecular complexity index is 344. The monoisotopic (exact) mass is 202 g/mol. The number of hydrogen-bond donors (Lipinski definition) is 1. The van der Waals surface area contributed by atoms with Crippen molar-refractivity contribution < 1.29 is 0 Å². The molecule has 0 amide bonds. The number of nitrogens with zero attached hydrogens (tertiary/aromatic N) is 1. The summed E-state index contributed by atoms with van der Waals surface area (Å²) in [4.78, 5) is 4.40. The van der Waals surface area contributed by atoms with Gasteiger partial charge in [0.05, 0.1) is 0 Å². The van der Waals surface area contributed by atoms with E-state index in [1.165, 1.54) is 31.5 Å². The first-order valence-electron chi connectivity index (χ1n) is 5.98. The van der Waals surface area contributed by atoms with Crippen molar-refractivity contribution in [1.29, 1.82) is 0 Å². The van der Waals surface area contributed by atoms with E-state index >= 15 is 0 Å². The van der Waals surface area contributed by atoms with Gasteiger partial charge >= 0.3 is 0 Å². The molecule has 2 fully saturated rings. The smallest absolute Gasteiger partial charge is 0.0372 e. The summed E-state index contributed by atoms with van der Waals surface area (Å²) in [6.07, 6.45) is 4.84. The van der Waals surface area contributed by atoms with Crippen LogP contribution in [0.25, 0.3) is 0 Å². The molecule has 1 aliphatic carbocycles. The first-order chi connectivity index (χ1) is 7.34. The maximum Gasteiger partial charge on any atom is 0.0372 e. The minimum Gasteiger partial charge on any atom is -0.316 e. The van der Waals surface area contributed by atoms with Crippen molar-refractivity contribution in [1.82, 2.24) is 10.3 Å². The number of piperidine rings is 1. The van der Waals surface area contributed by atoms with Gasteiger partial charge in [0.1, 0.15) is 0 Å². The van der Waals surface area contributed by atoms with Gasteiger partial charge in [-0.3, -0.25) is 4.98 Å². The lowest BCUT2D eigenvalue weighted by Crippen LogP contribution is -2.47. The highest BCUT2D eigenvalue weighted by Gasteiger charge is 2.42. The highest BCUT2D eigenvalue weighted by molar-refractivity contribution is 5.22. The van der Waals surface area contributed by atoms with Gasteiger partial charge in [0.15, 0.2) is 0 Å². The lowest BCUT2D eigenvalue weighted by molar-refractivity contribution is 0.0932. The van der Waals surface area contributed by atoms with Gasteiger partial charge < -0.3 is 5.32 Å². The second kappa shape index (κ2) is 3.60. The number of pyridine rings is 1. The van der Waals surface area contributed by atoms with Gasteiger partial charge in [0.2, 0.25) is 0 Å². The highest BCUT2D eigenvalue weighted by Crippen LogP contribution is 2.49. The molecule has 0 radical (unpaired) electrons. The van der Waals surface area contributed by atoms with E-state index in [0.29, 0.717) is 0 Å². The van der Waals surface area contributed by atoms with E-state index in [1.54, 1.807) is 0 Å². The van der Waals surface area contributed by atoms with E-state index in [9.17, 15) is 0 Å². The fourth-order valence-electron chi connectivity index (χ4n) is 3.09. The van der Waals surface area contributed by atoms with Gasteiger partial charge in [0.25, 0.3) is 0 Å². The Balaban J connectivity index is 1.76. The highest BCUT2D eigenvalue weighted by atomic mass is 14.9. The largest absolute Gasteiger partial charge is 0.316 e. The zero-order valence-electron chi connectivity index (χ0n) is 9.24. The Morgan fingerprint density at radius 3 is 3.07 bits per heavy atom. The van der Waals surface area contributed by atoms with Crippen molar-refractivity contribution in [2.45, 2.75) is 25.7 Å².